The molecule has 19 heavy (non-hydrogen) atoms. The van der Waals surface area contributed by atoms with Gasteiger partial charge < -0.3 is 4.74 Å². The van der Waals surface area contributed by atoms with Gasteiger partial charge in [0.1, 0.15) is 6.07 Å². The first-order valence-corrected chi connectivity index (χ1v) is 8.26. The lowest BCUT2D eigenvalue weighted by Crippen LogP contribution is -2.26. The monoisotopic (exact) mass is 344 g/mol. The van der Waals surface area contributed by atoms with Crippen LogP contribution in [0.4, 0.5) is 5.69 Å². The van der Waals surface area contributed by atoms with E-state index in [9.17, 15) is 8.42 Å². The molecule has 1 aliphatic heterocycles. The van der Waals surface area contributed by atoms with Crippen molar-refractivity contribution in [3.63, 3.8) is 0 Å². The van der Waals surface area contributed by atoms with Gasteiger partial charge in [0.2, 0.25) is 10.0 Å². The number of nitrogens with zero attached hydrogens (tertiary/aromatic N) is 1. The van der Waals surface area contributed by atoms with Crippen molar-refractivity contribution in [3.8, 4) is 6.07 Å². The fraction of sp³-hybridized carbons (Fsp3) is 0.417. The van der Waals surface area contributed by atoms with E-state index >= 15 is 0 Å². The van der Waals surface area contributed by atoms with Gasteiger partial charge in [0.25, 0.3) is 0 Å². The highest BCUT2D eigenvalue weighted by atomic mass is 79.9. The van der Waals surface area contributed by atoms with Crippen molar-refractivity contribution in [2.75, 3.05) is 17.1 Å². The molecule has 0 saturated carbocycles. The lowest BCUT2D eigenvalue weighted by molar-refractivity contribution is 0.127. The predicted octanol–water partition coefficient (Wildman–Crippen LogP) is 2.24. The van der Waals surface area contributed by atoms with Crippen molar-refractivity contribution in [1.29, 1.82) is 5.26 Å². The van der Waals surface area contributed by atoms with E-state index in [0.29, 0.717) is 12.3 Å². The molecule has 1 N–H and O–H groups in total. The molecule has 0 amide bonds. The van der Waals surface area contributed by atoms with Gasteiger partial charge in [0.05, 0.1) is 23.1 Å². The van der Waals surface area contributed by atoms with Crippen LogP contribution in [0.5, 0.6) is 0 Å². The van der Waals surface area contributed by atoms with E-state index in [1.807, 2.05) is 6.07 Å². The number of nitrogens with one attached hydrogen (secondary N) is 1. The lowest BCUT2D eigenvalue weighted by atomic mass is 10.2. The molecule has 1 heterocycles. The minimum absolute atomic E-state index is 0.0755. The molecule has 5 nitrogen and oxygen atoms in total. The number of nitriles is 1. The SMILES string of the molecule is N#Cc1cc(Br)ccc1NS(=O)(=O)CC1CCCO1. The summed E-state index contributed by atoms with van der Waals surface area (Å²) in [4.78, 5) is 0. The number of hydrogen-bond donors (Lipinski definition) is 1. The fourth-order valence-corrected chi connectivity index (χ4v) is 3.64. The molecule has 1 aromatic rings. The molecule has 1 saturated heterocycles. The van der Waals surface area contributed by atoms with Crippen molar-refractivity contribution in [3.05, 3.63) is 28.2 Å². The summed E-state index contributed by atoms with van der Waals surface area (Å²) in [5.74, 6) is -0.0755. The minimum Gasteiger partial charge on any atom is -0.377 e. The van der Waals surface area contributed by atoms with Gasteiger partial charge in [0.15, 0.2) is 0 Å². The van der Waals surface area contributed by atoms with E-state index in [0.717, 1.165) is 17.3 Å². The number of sulfonamides is 1. The molecule has 0 bridgehead atoms. The van der Waals surface area contributed by atoms with Gasteiger partial charge in [-0.05, 0) is 31.0 Å². The highest BCUT2D eigenvalue weighted by molar-refractivity contribution is 9.10. The van der Waals surface area contributed by atoms with Gasteiger partial charge in [-0.15, -0.1) is 0 Å². The summed E-state index contributed by atoms with van der Waals surface area (Å²) in [5, 5.41) is 8.99. The van der Waals surface area contributed by atoms with E-state index < -0.39 is 10.0 Å². The average Bonchev–Trinajstić information content (AvgIpc) is 2.83. The molecular formula is C12H13BrN2O3S. The van der Waals surface area contributed by atoms with Crippen LogP contribution in [0, 0.1) is 11.3 Å². The van der Waals surface area contributed by atoms with Crippen molar-refractivity contribution >= 4 is 31.6 Å². The van der Waals surface area contributed by atoms with Gasteiger partial charge in [-0.25, -0.2) is 8.42 Å². The van der Waals surface area contributed by atoms with Gasteiger partial charge in [0, 0.05) is 11.1 Å². The zero-order chi connectivity index (χ0) is 13.9. The molecule has 0 aliphatic carbocycles. The molecule has 0 spiro atoms. The Balaban J connectivity index is 2.13. The van der Waals surface area contributed by atoms with Crippen LogP contribution in [0.1, 0.15) is 18.4 Å². The smallest absolute Gasteiger partial charge is 0.235 e. The number of ether oxygens (including phenoxy) is 1. The first-order valence-electron chi connectivity index (χ1n) is 5.82. The first-order chi connectivity index (χ1) is 9.00. The maximum absolute atomic E-state index is 12.0. The summed E-state index contributed by atoms with van der Waals surface area (Å²) in [7, 11) is -3.50. The number of benzene rings is 1. The first kappa shape index (κ1) is 14.3. The van der Waals surface area contributed by atoms with Gasteiger partial charge in [-0.1, -0.05) is 15.9 Å². The predicted molar refractivity (Wildman–Crippen MR) is 75.2 cm³/mol. The number of hydrogen-bond acceptors (Lipinski definition) is 4. The Labute approximate surface area is 120 Å². The number of rotatable bonds is 4. The molecule has 102 valence electrons. The van der Waals surface area contributed by atoms with E-state index in [-0.39, 0.29) is 17.4 Å². The Hall–Kier alpha value is -1.10. The van der Waals surface area contributed by atoms with Gasteiger partial charge in [-0.2, -0.15) is 5.26 Å². The van der Waals surface area contributed by atoms with E-state index in [1.54, 1.807) is 18.2 Å². The van der Waals surface area contributed by atoms with E-state index in [1.165, 1.54) is 0 Å². The molecular weight excluding hydrogens is 332 g/mol. The molecule has 1 fully saturated rings. The van der Waals surface area contributed by atoms with Crippen LogP contribution < -0.4 is 4.72 Å². The summed E-state index contributed by atoms with van der Waals surface area (Å²) < 4.78 is 32.5. The number of halogens is 1. The van der Waals surface area contributed by atoms with Crippen LogP contribution >= 0.6 is 15.9 Å². The Morgan fingerprint density at radius 2 is 2.32 bits per heavy atom. The second-order valence-electron chi connectivity index (χ2n) is 4.32. The molecule has 2 rings (SSSR count). The zero-order valence-electron chi connectivity index (χ0n) is 10.1. The van der Waals surface area contributed by atoms with Crippen molar-refractivity contribution < 1.29 is 13.2 Å². The highest BCUT2D eigenvalue weighted by Gasteiger charge is 2.23. The number of anilines is 1. The third-order valence-electron chi connectivity index (χ3n) is 2.80. The van der Waals surface area contributed by atoms with Gasteiger partial charge >= 0.3 is 0 Å². The molecule has 0 aromatic heterocycles. The standard InChI is InChI=1S/C12H13BrN2O3S/c13-10-3-4-12(9(6-10)7-14)15-19(16,17)8-11-2-1-5-18-11/h3-4,6,11,15H,1-2,5,8H2. The second kappa shape index (κ2) is 5.90. The zero-order valence-corrected chi connectivity index (χ0v) is 12.5. The molecule has 7 heteroatoms. The van der Waals surface area contributed by atoms with Crippen LogP contribution in [0.2, 0.25) is 0 Å². The Bertz CT molecular complexity index is 604. The van der Waals surface area contributed by atoms with Crippen LogP contribution in [0.3, 0.4) is 0 Å². The summed E-state index contributed by atoms with van der Waals surface area (Å²) in [5.41, 5.74) is 0.578. The Morgan fingerprint density at radius 1 is 1.53 bits per heavy atom. The van der Waals surface area contributed by atoms with Crippen LogP contribution in [-0.2, 0) is 14.8 Å². The van der Waals surface area contributed by atoms with Crippen LogP contribution in [0.25, 0.3) is 0 Å². The quantitative estimate of drug-likeness (QED) is 0.908. The van der Waals surface area contributed by atoms with Crippen molar-refractivity contribution in [1.82, 2.24) is 0 Å². The molecule has 1 atom stereocenters. The van der Waals surface area contributed by atoms with Crippen molar-refractivity contribution in [2.45, 2.75) is 18.9 Å². The average molecular weight is 345 g/mol. The van der Waals surface area contributed by atoms with E-state index in [4.69, 9.17) is 10.00 Å². The van der Waals surface area contributed by atoms with Gasteiger partial charge in [-0.3, -0.25) is 4.72 Å². The topological polar surface area (TPSA) is 79.2 Å². The fourth-order valence-electron chi connectivity index (χ4n) is 1.93. The van der Waals surface area contributed by atoms with Crippen LogP contribution in [-0.4, -0.2) is 26.9 Å². The Kier molecular flexibility index (Phi) is 4.45. The molecule has 1 aliphatic rings. The maximum atomic E-state index is 12.0. The summed E-state index contributed by atoms with van der Waals surface area (Å²) in [6.07, 6.45) is 1.40. The normalized spacial score (nSPS) is 19.1. The Morgan fingerprint density at radius 3 is 2.95 bits per heavy atom. The molecule has 1 aromatic carbocycles. The highest BCUT2D eigenvalue weighted by Crippen LogP contribution is 2.22. The third-order valence-corrected chi connectivity index (χ3v) is 4.63. The lowest BCUT2D eigenvalue weighted by Gasteiger charge is -2.13. The van der Waals surface area contributed by atoms with Crippen LogP contribution in [0.15, 0.2) is 22.7 Å². The molecule has 1 unspecified atom stereocenters. The summed E-state index contributed by atoms with van der Waals surface area (Å²) in [6, 6.07) is 6.79. The summed E-state index contributed by atoms with van der Waals surface area (Å²) in [6.45, 7) is 0.613. The third kappa shape index (κ3) is 3.93. The van der Waals surface area contributed by atoms with Crippen molar-refractivity contribution in [2.24, 2.45) is 0 Å². The van der Waals surface area contributed by atoms with E-state index in [2.05, 4.69) is 20.7 Å². The minimum atomic E-state index is -3.50. The largest absolute Gasteiger partial charge is 0.377 e. The summed E-state index contributed by atoms with van der Waals surface area (Å²) >= 11 is 3.24. The molecule has 0 radical (unpaired) electrons. The second-order valence-corrected chi connectivity index (χ2v) is 7.00. The maximum Gasteiger partial charge on any atom is 0.235 e.